The largest absolute Gasteiger partial charge is 0.444 e. The number of hydrogen-bond acceptors (Lipinski definition) is 6. The van der Waals surface area contributed by atoms with Crippen molar-refractivity contribution in [2.24, 2.45) is 5.92 Å². The van der Waals surface area contributed by atoms with E-state index in [0.717, 1.165) is 23.2 Å². The molecule has 18 heavy (non-hydrogen) atoms. The van der Waals surface area contributed by atoms with Crippen LogP contribution in [0.25, 0.3) is 0 Å². The van der Waals surface area contributed by atoms with E-state index in [-0.39, 0.29) is 6.09 Å². The molecule has 2 heterocycles. The maximum atomic E-state index is 11.7. The summed E-state index contributed by atoms with van der Waals surface area (Å²) >= 11 is 3.25. The van der Waals surface area contributed by atoms with E-state index in [1.807, 2.05) is 20.8 Å². The Labute approximate surface area is 115 Å². The topological polar surface area (TPSA) is 55.3 Å². The number of aromatic nitrogens is 2. The number of amides is 1. The van der Waals surface area contributed by atoms with Gasteiger partial charge < -0.3 is 9.64 Å². The van der Waals surface area contributed by atoms with Crippen molar-refractivity contribution in [3.63, 3.8) is 0 Å². The lowest BCUT2D eigenvalue weighted by Crippen LogP contribution is -2.52. The second-order valence-corrected chi connectivity index (χ2v) is 7.37. The molecule has 100 valence electrons. The van der Waals surface area contributed by atoms with Crippen LogP contribution in [0.3, 0.4) is 0 Å². The van der Waals surface area contributed by atoms with E-state index in [1.165, 1.54) is 0 Å². The highest BCUT2D eigenvalue weighted by Crippen LogP contribution is 2.27. The Hall–Kier alpha value is -0.820. The van der Waals surface area contributed by atoms with Gasteiger partial charge in [-0.25, -0.2) is 4.79 Å². The van der Waals surface area contributed by atoms with Gasteiger partial charge in [-0.05, 0) is 20.8 Å². The summed E-state index contributed by atoms with van der Waals surface area (Å²) in [6.45, 7) is 7.20. The van der Waals surface area contributed by atoms with Gasteiger partial charge >= 0.3 is 6.09 Å². The molecule has 1 saturated heterocycles. The molecule has 0 bridgehead atoms. The lowest BCUT2D eigenvalue weighted by molar-refractivity contribution is 0.00215. The van der Waals surface area contributed by atoms with Gasteiger partial charge in [0.15, 0.2) is 4.34 Å². The van der Waals surface area contributed by atoms with Gasteiger partial charge in [0.1, 0.15) is 11.1 Å². The van der Waals surface area contributed by atoms with E-state index < -0.39 is 5.60 Å². The molecule has 0 radical (unpaired) electrons. The molecule has 1 aliphatic rings. The van der Waals surface area contributed by atoms with Crippen LogP contribution in [-0.4, -0.2) is 45.6 Å². The summed E-state index contributed by atoms with van der Waals surface area (Å²) in [6.07, 6.45) is -0.209. The van der Waals surface area contributed by atoms with E-state index in [0.29, 0.717) is 5.92 Å². The smallest absolute Gasteiger partial charge is 0.410 e. The summed E-state index contributed by atoms with van der Waals surface area (Å²) < 4.78 is 6.29. The molecule has 2 rings (SSSR count). The van der Waals surface area contributed by atoms with Crippen molar-refractivity contribution in [3.05, 3.63) is 5.51 Å². The first-order chi connectivity index (χ1) is 8.44. The number of likely N-dealkylation sites (tertiary alicyclic amines) is 1. The molecule has 0 unspecified atom stereocenters. The third-order valence-electron chi connectivity index (χ3n) is 2.39. The van der Waals surface area contributed by atoms with Crippen molar-refractivity contribution in [3.8, 4) is 0 Å². The van der Waals surface area contributed by atoms with Crippen molar-refractivity contribution in [2.45, 2.75) is 30.7 Å². The molecule has 1 amide bonds. The van der Waals surface area contributed by atoms with E-state index in [1.54, 1.807) is 33.5 Å². The number of carbonyl (C=O) groups is 1. The van der Waals surface area contributed by atoms with Crippen LogP contribution in [0, 0.1) is 5.92 Å². The lowest BCUT2D eigenvalue weighted by Gasteiger charge is -2.39. The average Bonchev–Trinajstić information content (AvgIpc) is 2.64. The fourth-order valence-corrected chi connectivity index (χ4v) is 3.14. The Morgan fingerprint density at radius 3 is 2.89 bits per heavy atom. The number of thioether (sulfide) groups is 1. The first-order valence-corrected chi connectivity index (χ1v) is 7.67. The molecule has 5 nitrogen and oxygen atoms in total. The van der Waals surface area contributed by atoms with Crippen LogP contribution in [0.2, 0.25) is 0 Å². The molecule has 0 atom stereocenters. The highest BCUT2D eigenvalue weighted by molar-refractivity contribution is 8.01. The van der Waals surface area contributed by atoms with Gasteiger partial charge in [-0.2, -0.15) is 0 Å². The zero-order chi connectivity index (χ0) is 13.2. The molecular weight excluding hydrogens is 270 g/mol. The van der Waals surface area contributed by atoms with Crippen molar-refractivity contribution in [2.75, 3.05) is 18.8 Å². The average molecular weight is 287 g/mol. The molecule has 7 heteroatoms. The number of rotatable bonds is 3. The summed E-state index contributed by atoms with van der Waals surface area (Å²) in [5, 5.41) is 7.77. The number of hydrogen-bond donors (Lipinski definition) is 0. The molecule has 0 spiro atoms. The first-order valence-electron chi connectivity index (χ1n) is 5.81. The Morgan fingerprint density at radius 2 is 2.33 bits per heavy atom. The zero-order valence-corrected chi connectivity index (χ0v) is 12.4. The number of nitrogens with zero attached hydrogens (tertiary/aromatic N) is 3. The molecular formula is C11H17N3O2S2. The van der Waals surface area contributed by atoms with Gasteiger partial charge in [-0.3, -0.25) is 0 Å². The highest BCUT2D eigenvalue weighted by atomic mass is 32.2. The van der Waals surface area contributed by atoms with E-state index in [9.17, 15) is 4.79 Å². The van der Waals surface area contributed by atoms with E-state index in [4.69, 9.17) is 4.74 Å². The maximum absolute atomic E-state index is 11.7. The summed E-state index contributed by atoms with van der Waals surface area (Å²) in [4.78, 5) is 13.4. The lowest BCUT2D eigenvalue weighted by atomic mass is 10.0. The molecule has 0 saturated carbocycles. The first kappa shape index (κ1) is 13.6. The van der Waals surface area contributed by atoms with Crippen molar-refractivity contribution >= 4 is 29.2 Å². The van der Waals surface area contributed by atoms with E-state index >= 15 is 0 Å². The van der Waals surface area contributed by atoms with Gasteiger partial charge in [0.2, 0.25) is 0 Å². The van der Waals surface area contributed by atoms with E-state index in [2.05, 4.69) is 10.2 Å². The third kappa shape index (κ3) is 3.84. The van der Waals surface area contributed by atoms with Gasteiger partial charge in [0.05, 0.1) is 0 Å². The molecule has 1 aromatic heterocycles. The minimum absolute atomic E-state index is 0.209. The Morgan fingerprint density at radius 1 is 1.61 bits per heavy atom. The van der Waals surface area contributed by atoms with Gasteiger partial charge in [0.25, 0.3) is 0 Å². The second-order valence-electron chi connectivity index (χ2n) is 5.27. The standard InChI is InChI=1S/C11H17N3O2S2/c1-11(2,3)16-10(15)14-4-8(5-14)6-17-9-13-12-7-18-9/h7-8H,4-6H2,1-3H3. The SMILES string of the molecule is CC(C)(C)OC(=O)N1CC(CSc2nncs2)C1. The molecule has 1 fully saturated rings. The minimum atomic E-state index is -0.413. The molecule has 1 aliphatic heterocycles. The Kier molecular flexibility index (Phi) is 4.11. The van der Waals surface area contributed by atoms with Crippen LogP contribution in [-0.2, 0) is 4.74 Å². The van der Waals surface area contributed by atoms with Crippen molar-refractivity contribution in [1.82, 2.24) is 15.1 Å². The molecule has 1 aromatic rings. The summed E-state index contributed by atoms with van der Waals surface area (Å²) in [5.74, 6) is 1.51. The van der Waals surface area contributed by atoms with Crippen LogP contribution in [0.4, 0.5) is 4.79 Å². The molecule has 0 N–H and O–H groups in total. The molecule has 0 aromatic carbocycles. The third-order valence-corrected chi connectivity index (χ3v) is 4.48. The van der Waals surface area contributed by atoms with Crippen LogP contribution in [0.5, 0.6) is 0 Å². The number of carbonyl (C=O) groups excluding carboxylic acids is 1. The number of ether oxygens (including phenoxy) is 1. The fourth-order valence-electron chi connectivity index (χ4n) is 1.57. The second kappa shape index (κ2) is 5.44. The van der Waals surface area contributed by atoms with Crippen LogP contribution >= 0.6 is 23.1 Å². The Bertz CT molecular complexity index is 397. The maximum Gasteiger partial charge on any atom is 0.410 e. The zero-order valence-electron chi connectivity index (χ0n) is 10.8. The van der Waals surface area contributed by atoms with Gasteiger partial charge in [-0.1, -0.05) is 23.1 Å². The normalized spacial score (nSPS) is 16.5. The van der Waals surface area contributed by atoms with Crippen molar-refractivity contribution < 1.29 is 9.53 Å². The van der Waals surface area contributed by atoms with Gasteiger partial charge in [-0.15, -0.1) is 10.2 Å². The van der Waals surface area contributed by atoms with Crippen LogP contribution in [0.1, 0.15) is 20.8 Å². The predicted molar refractivity (Wildman–Crippen MR) is 71.9 cm³/mol. The van der Waals surface area contributed by atoms with Crippen molar-refractivity contribution in [1.29, 1.82) is 0 Å². The van der Waals surface area contributed by atoms with Gasteiger partial charge in [0, 0.05) is 24.8 Å². The summed E-state index contributed by atoms with van der Waals surface area (Å²) in [7, 11) is 0. The molecule has 0 aliphatic carbocycles. The monoisotopic (exact) mass is 287 g/mol. The van der Waals surface area contributed by atoms with Crippen LogP contribution < -0.4 is 0 Å². The highest BCUT2D eigenvalue weighted by Gasteiger charge is 2.33. The minimum Gasteiger partial charge on any atom is -0.444 e. The quantitative estimate of drug-likeness (QED) is 0.799. The summed E-state index contributed by atoms with van der Waals surface area (Å²) in [5.41, 5.74) is 1.32. The van der Waals surface area contributed by atoms with Crippen LogP contribution in [0.15, 0.2) is 9.85 Å². The fraction of sp³-hybridized carbons (Fsp3) is 0.727. The Balaban J connectivity index is 1.66. The summed E-state index contributed by atoms with van der Waals surface area (Å²) in [6, 6.07) is 0. The predicted octanol–water partition coefficient (Wildman–Crippen LogP) is 2.50.